The third kappa shape index (κ3) is 3.10. The van der Waals surface area contributed by atoms with Crippen molar-refractivity contribution < 1.29 is 8.42 Å². The monoisotopic (exact) mass is 341 g/mol. The molecule has 1 aromatic heterocycles. The predicted octanol–water partition coefficient (Wildman–Crippen LogP) is 2.21. The first kappa shape index (κ1) is 17.1. The van der Waals surface area contributed by atoms with Crippen LogP contribution in [0.15, 0.2) is 41.6 Å². The lowest BCUT2D eigenvalue weighted by Crippen LogP contribution is -2.51. The van der Waals surface area contributed by atoms with Crippen molar-refractivity contribution in [1.29, 1.82) is 0 Å². The largest absolute Gasteiger partial charge is 0.329 e. The molecule has 0 aliphatic heterocycles. The minimum Gasteiger partial charge on any atom is -0.329 e. The Bertz CT molecular complexity index is 753. The van der Waals surface area contributed by atoms with E-state index < -0.39 is 15.6 Å². The minimum absolute atomic E-state index is 0. The summed E-state index contributed by atoms with van der Waals surface area (Å²) in [7, 11) is -3.60. The topological polar surface area (TPSA) is 85.1 Å². The smallest absolute Gasteiger partial charge is 0.241 e. The zero-order chi connectivity index (χ0) is 14.9. The normalized spacial score (nSPS) is 17.3. The zero-order valence-electron chi connectivity index (χ0n) is 12.2. The van der Waals surface area contributed by atoms with Gasteiger partial charge in [-0.3, -0.25) is 4.98 Å². The number of rotatable bonds is 4. The molecule has 1 heterocycles. The molecule has 120 valence electrons. The molecule has 3 N–H and O–H groups in total. The molecule has 5 nitrogen and oxygen atoms in total. The number of halogens is 1. The van der Waals surface area contributed by atoms with E-state index in [-0.39, 0.29) is 12.4 Å². The Morgan fingerprint density at radius 3 is 2.64 bits per heavy atom. The highest BCUT2D eigenvalue weighted by Crippen LogP contribution is 2.31. The van der Waals surface area contributed by atoms with E-state index >= 15 is 0 Å². The Labute approximate surface area is 136 Å². The van der Waals surface area contributed by atoms with Crippen LogP contribution in [0.4, 0.5) is 0 Å². The molecule has 1 saturated carbocycles. The van der Waals surface area contributed by atoms with Crippen molar-refractivity contribution in [3.05, 3.63) is 36.7 Å². The van der Waals surface area contributed by atoms with Gasteiger partial charge in [-0.2, -0.15) is 0 Å². The molecule has 22 heavy (non-hydrogen) atoms. The summed E-state index contributed by atoms with van der Waals surface area (Å²) in [6.07, 6.45) is 6.90. The maximum absolute atomic E-state index is 12.8. The summed E-state index contributed by atoms with van der Waals surface area (Å²) in [6.45, 7) is 0.332. The molecule has 0 atom stereocenters. The summed E-state index contributed by atoms with van der Waals surface area (Å²) in [5.74, 6) is 0. The summed E-state index contributed by atoms with van der Waals surface area (Å²) in [6, 6.07) is 6.95. The third-order valence-electron chi connectivity index (χ3n) is 4.23. The Morgan fingerprint density at radius 1 is 1.23 bits per heavy atom. The number of hydrogen-bond donors (Lipinski definition) is 2. The summed E-state index contributed by atoms with van der Waals surface area (Å²) in [5.41, 5.74) is 5.34. The summed E-state index contributed by atoms with van der Waals surface area (Å²) in [4.78, 5) is 4.33. The minimum atomic E-state index is -3.60. The van der Waals surface area contributed by atoms with Gasteiger partial charge in [-0.1, -0.05) is 25.0 Å². The van der Waals surface area contributed by atoms with Crippen LogP contribution in [0.1, 0.15) is 25.7 Å². The Kier molecular flexibility index (Phi) is 5.07. The van der Waals surface area contributed by atoms with E-state index in [0.29, 0.717) is 16.8 Å². The molecule has 2 aromatic rings. The zero-order valence-corrected chi connectivity index (χ0v) is 13.8. The number of nitrogens with two attached hydrogens (primary N) is 1. The van der Waals surface area contributed by atoms with E-state index in [2.05, 4.69) is 9.71 Å². The number of benzene rings is 1. The predicted molar refractivity (Wildman–Crippen MR) is 89.6 cm³/mol. The molecule has 3 rings (SSSR count). The van der Waals surface area contributed by atoms with Crippen LogP contribution in [0.3, 0.4) is 0 Å². The second-order valence-corrected chi connectivity index (χ2v) is 7.30. The fourth-order valence-electron chi connectivity index (χ4n) is 3.07. The lowest BCUT2D eigenvalue weighted by molar-refractivity contribution is 0.399. The Hall–Kier alpha value is -1.21. The van der Waals surface area contributed by atoms with Gasteiger partial charge in [0.25, 0.3) is 0 Å². The maximum Gasteiger partial charge on any atom is 0.241 e. The number of hydrogen-bond acceptors (Lipinski definition) is 4. The first-order valence-corrected chi connectivity index (χ1v) is 8.61. The van der Waals surface area contributed by atoms with Gasteiger partial charge in [0.1, 0.15) is 0 Å². The number of fused-ring (bicyclic) bond motifs is 1. The van der Waals surface area contributed by atoms with E-state index in [1.54, 1.807) is 30.6 Å². The quantitative estimate of drug-likeness (QED) is 0.892. The highest BCUT2D eigenvalue weighted by atomic mass is 35.5. The van der Waals surface area contributed by atoms with Crippen LogP contribution < -0.4 is 10.5 Å². The first-order valence-electron chi connectivity index (χ1n) is 7.13. The third-order valence-corrected chi connectivity index (χ3v) is 5.87. The van der Waals surface area contributed by atoms with Crippen LogP contribution in [0.2, 0.25) is 0 Å². The van der Waals surface area contributed by atoms with Crippen molar-refractivity contribution in [3.63, 3.8) is 0 Å². The van der Waals surface area contributed by atoms with Gasteiger partial charge in [0.15, 0.2) is 0 Å². The average Bonchev–Trinajstić information content (AvgIpc) is 2.95. The molecule has 1 fully saturated rings. The van der Waals surface area contributed by atoms with E-state index in [9.17, 15) is 8.42 Å². The Morgan fingerprint density at radius 2 is 1.95 bits per heavy atom. The molecule has 0 unspecified atom stereocenters. The van der Waals surface area contributed by atoms with Gasteiger partial charge in [0.05, 0.1) is 4.90 Å². The highest BCUT2D eigenvalue weighted by molar-refractivity contribution is 7.89. The first-order chi connectivity index (χ1) is 10.1. The van der Waals surface area contributed by atoms with Crippen molar-refractivity contribution >= 4 is 33.2 Å². The van der Waals surface area contributed by atoms with E-state index in [1.807, 2.05) is 6.07 Å². The van der Waals surface area contributed by atoms with Crippen molar-refractivity contribution in [2.45, 2.75) is 36.1 Å². The molecule has 0 saturated heterocycles. The number of nitrogens with zero attached hydrogens (tertiary/aromatic N) is 1. The number of sulfonamides is 1. The molecule has 0 amide bonds. The molecule has 1 aliphatic rings. The second-order valence-electron chi connectivity index (χ2n) is 5.65. The van der Waals surface area contributed by atoms with Gasteiger partial charge < -0.3 is 5.73 Å². The second kappa shape index (κ2) is 6.50. The molecular weight excluding hydrogens is 322 g/mol. The SMILES string of the molecule is Cl.NCC1(NS(=O)(=O)c2cccc3cnccc23)CCCC1. The van der Waals surface area contributed by atoms with Gasteiger partial charge in [0, 0.05) is 35.2 Å². The summed E-state index contributed by atoms with van der Waals surface area (Å²) < 4.78 is 28.4. The maximum atomic E-state index is 12.8. The molecular formula is C15H20ClN3O2S. The molecule has 0 bridgehead atoms. The van der Waals surface area contributed by atoms with Crippen LogP contribution in [-0.2, 0) is 10.0 Å². The Balaban J connectivity index is 0.00000176. The molecule has 1 aliphatic carbocycles. The van der Waals surface area contributed by atoms with E-state index in [4.69, 9.17) is 5.73 Å². The average molecular weight is 342 g/mol. The van der Waals surface area contributed by atoms with Crippen molar-refractivity contribution in [2.24, 2.45) is 5.73 Å². The van der Waals surface area contributed by atoms with Gasteiger partial charge in [-0.25, -0.2) is 13.1 Å². The fraction of sp³-hybridized carbons (Fsp3) is 0.400. The van der Waals surface area contributed by atoms with Crippen molar-refractivity contribution in [3.8, 4) is 0 Å². The highest BCUT2D eigenvalue weighted by Gasteiger charge is 2.37. The van der Waals surface area contributed by atoms with Crippen molar-refractivity contribution in [2.75, 3.05) is 6.54 Å². The lowest BCUT2D eigenvalue weighted by atomic mass is 10.0. The lowest BCUT2D eigenvalue weighted by Gasteiger charge is -2.28. The summed E-state index contributed by atoms with van der Waals surface area (Å²) in [5, 5.41) is 1.50. The molecule has 0 spiro atoms. The fourth-order valence-corrected chi connectivity index (χ4v) is 4.77. The molecule has 7 heteroatoms. The van der Waals surface area contributed by atoms with Gasteiger partial charge in [-0.15, -0.1) is 12.4 Å². The van der Waals surface area contributed by atoms with Gasteiger partial charge >= 0.3 is 0 Å². The van der Waals surface area contributed by atoms with Gasteiger partial charge in [0.2, 0.25) is 10.0 Å². The van der Waals surface area contributed by atoms with E-state index in [0.717, 1.165) is 31.1 Å². The molecule has 0 radical (unpaired) electrons. The number of aromatic nitrogens is 1. The van der Waals surface area contributed by atoms with Crippen LogP contribution in [-0.4, -0.2) is 25.5 Å². The van der Waals surface area contributed by atoms with Gasteiger partial charge in [-0.05, 0) is 25.0 Å². The van der Waals surface area contributed by atoms with E-state index in [1.165, 1.54) is 0 Å². The van der Waals surface area contributed by atoms with Crippen LogP contribution >= 0.6 is 12.4 Å². The summed E-state index contributed by atoms with van der Waals surface area (Å²) >= 11 is 0. The molecule has 1 aromatic carbocycles. The van der Waals surface area contributed by atoms with Crippen LogP contribution in [0.25, 0.3) is 10.8 Å². The number of pyridine rings is 1. The van der Waals surface area contributed by atoms with Crippen molar-refractivity contribution in [1.82, 2.24) is 9.71 Å². The standard InChI is InChI=1S/C15H19N3O2S.ClH/c16-11-15(7-1-2-8-15)18-21(19,20)14-5-3-4-12-10-17-9-6-13(12)14;/h3-6,9-10,18H,1-2,7-8,11,16H2;1H. The van der Waals surface area contributed by atoms with Crippen LogP contribution in [0.5, 0.6) is 0 Å². The van der Waals surface area contributed by atoms with Crippen LogP contribution in [0, 0.1) is 0 Å². The number of nitrogens with one attached hydrogen (secondary N) is 1.